The molecule has 140 valence electrons. The minimum absolute atomic E-state index is 0.0465. The zero-order valence-electron chi connectivity index (χ0n) is 14.5. The van der Waals surface area contributed by atoms with E-state index in [0.29, 0.717) is 51.4 Å². The molecule has 1 aromatic rings. The number of alkyl halides is 2. The molecular formula is C16H25F2N5O2. The van der Waals surface area contributed by atoms with Gasteiger partial charge in [-0.1, -0.05) is 0 Å². The second kappa shape index (κ2) is 7.76. The van der Waals surface area contributed by atoms with E-state index in [1.54, 1.807) is 7.11 Å². The SMILES string of the molecule is COC1(C(=O)N2CCN(Cc3nccn3C(F)F)CC2)CCNCC1. The van der Waals surface area contributed by atoms with E-state index < -0.39 is 12.2 Å². The van der Waals surface area contributed by atoms with Crippen LogP contribution >= 0.6 is 0 Å². The van der Waals surface area contributed by atoms with E-state index >= 15 is 0 Å². The van der Waals surface area contributed by atoms with Crippen molar-refractivity contribution >= 4 is 5.91 Å². The van der Waals surface area contributed by atoms with Gasteiger partial charge in [0, 0.05) is 45.7 Å². The molecule has 0 bridgehead atoms. The first-order valence-electron chi connectivity index (χ1n) is 8.63. The number of amides is 1. The van der Waals surface area contributed by atoms with Crippen LogP contribution in [0.15, 0.2) is 12.4 Å². The number of carbonyl (C=O) groups is 1. The van der Waals surface area contributed by atoms with Gasteiger partial charge >= 0.3 is 6.55 Å². The van der Waals surface area contributed by atoms with Gasteiger partial charge in [0.05, 0.1) is 6.54 Å². The van der Waals surface area contributed by atoms with Gasteiger partial charge in [-0.15, -0.1) is 0 Å². The Morgan fingerprint density at radius 3 is 2.60 bits per heavy atom. The Morgan fingerprint density at radius 2 is 2.00 bits per heavy atom. The zero-order chi connectivity index (χ0) is 17.9. The predicted molar refractivity (Wildman–Crippen MR) is 87.2 cm³/mol. The molecule has 0 unspecified atom stereocenters. The first-order chi connectivity index (χ1) is 12.1. The maximum absolute atomic E-state index is 12.9. The molecule has 2 saturated heterocycles. The highest BCUT2D eigenvalue weighted by Gasteiger charge is 2.43. The Morgan fingerprint density at radius 1 is 1.32 bits per heavy atom. The molecule has 1 aromatic heterocycles. The molecule has 0 aliphatic carbocycles. The summed E-state index contributed by atoms with van der Waals surface area (Å²) in [5, 5.41) is 3.25. The molecule has 0 atom stereocenters. The average molecular weight is 357 g/mol. The number of piperidine rings is 1. The maximum Gasteiger partial charge on any atom is 0.319 e. The lowest BCUT2D eigenvalue weighted by atomic mass is 9.90. The number of imidazole rings is 1. The third-order valence-corrected chi connectivity index (χ3v) is 5.18. The molecule has 0 radical (unpaired) electrons. The fraction of sp³-hybridized carbons (Fsp3) is 0.750. The van der Waals surface area contributed by atoms with E-state index in [0.717, 1.165) is 17.7 Å². The quantitative estimate of drug-likeness (QED) is 0.840. The molecule has 2 fully saturated rings. The van der Waals surface area contributed by atoms with Crippen molar-refractivity contribution in [2.75, 3.05) is 46.4 Å². The molecule has 9 heteroatoms. The van der Waals surface area contributed by atoms with Gasteiger partial charge in [0.15, 0.2) is 0 Å². The van der Waals surface area contributed by atoms with Crippen LogP contribution < -0.4 is 5.32 Å². The Bertz CT molecular complexity index is 581. The molecule has 0 aromatic carbocycles. The van der Waals surface area contributed by atoms with Gasteiger partial charge in [-0.05, 0) is 25.9 Å². The highest BCUT2D eigenvalue weighted by atomic mass is 19.3. The minimum atomic E-state index is -2.58. The van der Waals surface area contributed by atoms with Crippen LogP contribution in [-0.4, -0.2) is 77.2 Å². The van der Waals surface area contributed by atoms with Crippen LogP contribution in [0.3, 0.4) is 0 Å². The number of halogens is 2. The second-order valence-corrected chi connectivity index (χ2v) is 6.55. The van der Waals surface area contributed by atoms with Gasteiger partial charge in [-0.2, -0.15) is 8.78 Å². The molecule has 2 aliphatic rings. The summed E-state index contributed by atoms with van der Waals surface area (Å²) in [7, 11) is 1.60. The standard InChI is InChI=1S/C16H25F2N5O2/c1-25-16(2-4-19-5-3-16)14(24)22-10-8-21(9-11-22)12-13-20-6-7-23(13)15(17)18/h6-7,15,19H,2-5,8-12H2,1H3. The number of carbonyl (C=O) groups excluding carboxylic acids is 1. The lowest BCUT2D eigenvalue weighted by Gasteiger charge is -2.42. The summed E-state index contributed by atoms with van der Waals surface area (Å²) < 4.78 is 32.3. The highest BCUT2D eigenvalue weighted by molar-refractivity contribution is 5.85. The van der Waals surface area contributed by atoms with E-state index in [9.17, 15) is 13.6 Å². The monoisotopic (exact) mass is 357 g/mol. The van der Waals surface area contributed by atoms with Gasteiger partial charge in [-0.25, -0.2) is 4.98 Å². The molecule has 1 N–H and O–H groups in total. The van der Waals surface area contributed by atoms with Gasteiger partial charge in [0.2, 0.25) is 0 Å². The largest absolute Gasteiger partial charge is 0.368 e. The van der Waals surface area contributed by atoms with Crippen molar-refractivity contribution in [2.45, 2.75) is 31.5 Å². The Hall–Kier alpha value is -1.58. The number of nitrogens with one attached hydrogen (secondary N) is 1. The first kappa shape index (κ1) is 18.2. The summed E-state index contributed by atoms with van der Waals surface area (Å²) >= 11 is 0. The predicted octanol–water partition coefficient (Wildman–Crippen LogP) is 0.691. The zero-order valence-corrected chi connectivity index (χ0v) is 14.5. The number of rotatable bonds is 5. The Balaban J connectivity index is 1.56. The normalized spacial score (nSPS) is 21.7. The van der Waals surface area contributed by atoms with Crippen LogP contribution in [0.4, 0.5) is 8.78 Å². The fourth-order valence-electron chi connectivity index (χ4n) is 3.58. The summed E-state index contributed by atoms with van der Waals surface area (Å²) in [6.45, 7) is 1.76. The van der Waals surface area contributed by atoms with Crippen molar-refractivity contribution in [2.24, 2.45) is 0 Å². The maximum atomic E-state index is 12.9. The van der Waals surface area contributed by atoms with Gasteiger partial charge < -0.3 is 15.0 Å². The number of hydrogen-bond acceptors (Lipinski definition) is 5. The number of ether oxygens (including phenoxy) is 1. The lowest BCUT2D eigenvalue weighted by Crippen LogP contribution is -2.59. The number of hydrogen-bond donors (Lipinski definition) is 1. The molecule has 3 rings (SSSR count). The first-order valence-corrected chi connectivity index (χ1v) is 8.63. The number of methoxy groups -OCH3 is 1. The average Bonchev–Trinajstić information content (AvgIpc) is 3.11. The summed E-state index contributed by atoms with van der Waals surface area (Å²) in [5.74, 6) is 0.395. The molecule has 0 spiro atoms. The Kier molecular flexibility index (Phi) is 5.65. The second-order valence-electron chi connectivity index (χ2n) is 6.55. The third kappa shape index (κ3) is 3.83. The van der Waals surface area contributed by atoms with Crippen LogP contribution in [-0.2, 0) is 16.1 Å². The summed E-state index contributed by atoms with van der Waals surface area (Å²) in [6, 6.07) is 0. The number of aromatic nitrogens is 2. The van der Waals surface area contributed by atoms with Crippen molar-refractivity contribution in [3.8, 4) is 0 Å². The van der Waals surface area contributed by atoms with Crippen LogP contribution in [0.5, 0.6) is 0 Å². The fourth-order valence-corrected chi connectivity index (χ4v) is 3.58. The van der Waals surface area contributed by atoms with Crippen molar-refractivity contribution in [1.29, 1.82) is 0 Å². The Labute approximate surface area is 145 Å². The molecule has 7 nitrogen and oxygen atoms in total. The summed E-state index contributed by atoms with van der Waals surface area (Å²) in [5.41, 5.74) is -0.723. The third-order valence-electron chi connectivity index (χ3n) is 5.18. The van der Waals surface area contributed by atoms with E-state index in [1.165, 1.54) is 12.4 Å². The number of piperazine rings is 1. The van der Waals surface area contributed by atoms with Crippen LogP contribution in [0, 0.1) is 0 Å². The lowest BCUT2D eigenvalue weighted by molar-refractivity contribution is -0.160. The van der Waals surface area contributed by atoms with Crippen molar-refractivity contribution in [3.63, 3.8) is 0 Å². The number of nitrogens with zero attached hydrogens (tertiary/aromatic N) is 4. The van der Waals surface area contributed by atoms with Crippen molar-refractivity contribution in [1.82, 2.24) is 24.7 Å². The van der Waals surface area contributed by atoms with Crippen molar-refractivity contribution < 1.29 is 18.3 Å². The van der Waals surface area contributed by atoms with Crippen molar-refractivity contribution in [3.05, 3.63) is 18.2 Å². The summed E-state index contributed by atoms with van der Waals surface area (Å²) in [6.07, 6.45) is 4.03. The van der Waals surface area contributed by atoms with Crippen LogP contribution in [0.1, 0.15) is 25.2 Å². The van der Waals surface area contributed by atoms with E-state index in [-0.39, 0.29) is 5.91 Å². The molecule has 25 heavy (non-hydrogen) atoms. The minimum Gasteiger partial charge on any atom is -0.368 e. The molecule has 2 aliphatic heterocycles. The molecule has 1 amide bonds. The van der Waals surface area contributed by atoms with Crippen LogP contribution in [0.25, 0.3) is 0 Å². The topological polar surface area (TPSA) is 62.6 Å². The van der Waals surface area contributed by atoms with E-state index in [4.69, 9.17) is 4.74 Å². The molecule has 3 heterocycles. The van der Waals surface area contributed by atoms with Gasteiger partial charge in [0.1, 0.15) is 11.4 Å². The molecular weight excluding hydrogens is 332 g/mol. The smallest absolute Gasteiger partial charge is 0.319 e. The van der Waals surface area contributed by atoms with E-state index in [1.807, 2.05) is 9.80 Å². The summed E-state index contributed by atoms with van der Waals surface area (Å²) in [4.78, 5) is 20.8. The van der Waals surface area contributed by atoms with Gasteiger partial charge in [-0.3, -0.25) is 14.3 Å². The highest BCUT2D eigenvalue weighted by Crippen LogP contribution is 2.26. The van der Waals surface area contributed by atoms with Crippen LogP contribution in [0.2, 0.25) is 0 Å². The molecule has 0 saturated carbocycles. The van der Waals surface area contributed by atoms with Gasteiger partial charge in [0.25, 0.3) is 5.91 Å². The van der Waals surface area contributed by atoms with E-state index in [2.05, 4.69) is 10.3 Å².